The summed E-state index contributed by atoms with van der Waals surface area (Å²) in [6.07, 6.45) is 2.14. The van der Waals surface area contributed by atoms with Gasteiger partial charge in [0.2, 0.25) is 0 Å². The van der Waals surface area contributed by atoms with Crippen molar-refractivity contribution in [1.29, 1.82) is 0 Å². The van der Waals surface area contributed by atoms with E-state index in [2.05, 4.69) is 0 Å². The molecule has 2 rings (SSSR count). The van der Waals surface area contributed by atoms with Gasteiger partial charge < -0.3 is 23.7 Å². The van der Waals surface area contributed by atoms with Gasteiger partial charge in [-0.2, -0.15) is 0 Å². The van der Waals surface area contributed by atoms with E-state index >= 15 is 0 Å². The van der Waals surface area contributed by atoms with Gasteiger partial charge in [-0.25, -0.2) is 0 Å². The van der Waals surface area contributed by atoms with Crippen molar-refractivity contribution in [3.63, 3.8) is 0 Å². The molecule has 0 aliphatic rings. The fourth-order valence-corrected chi connectivity index (χ4v) is 1.88. The number of hydrogen-bond acceptors (Lipinski definition) is 5. The van der Waals surface area contributed by atoms with Gasteiger partial charge in [0.05, 0.1) is 33.9 Å². The summed E-state index contributed by atoms with van der Waals surface area (Å²) in [5.41, 5.74) is 1.23. The van der Waals surface area contributed by atoms with Crippen molar-refractivity contribution in [2.24, 2.45) is 0 Å². The molecule has 0 spiro atoms. The van der Waals surface area contributed by atoms with Crippen LogP contribution in [-0.2, 0) is 0 Å². The van der Waals surface area contributed by atoms with Crippen molar-refractivity contribution >= 4 is 0 Å². The molecule has 1 heterocycles. The predicted octanol–water partition coefficient (Wildman–Crippen LogP) is 2.39. The molecule has 0 radical (unpaired) electrons. The second-order valence-corrected chi connectivity index (χ2v) is 3.91. The van der Waals surface area contributed by atoms with Crippen molar-refractivity contribution in [2.75, 3.05) is 21.3 Å². The van der Waals surface area contributed by atoms with E-state index in [0.717, 1.165) is 0 Å². The van der Waals surface area contributed by atoms with E-state index in [1.165, 1.54) is 19.6 Å². The number of benzene rings is 1. The predicted molar refractivity (Wildman–Crippen MR) is 68.9 cm³/mol. The molecule has 2 aromatic rings. The van der Waals surface area contributed by atoms with E-state index < -0.39 is 6.10 Å². The van der Waals surface area contributed by atoms with Crippen LogP contribution in [0, 0.1) is 0 Å². The average Bonchev–Trinajstić information content (AvgIpc) is 2.99. The quantitative estimate of drug-likeness (QED) is 0.898. The van der Waals surface area contributed by atoms with E-state index in [1.807, 2.05) is 0 Å². The van der Waals surface area contributed by atoms with E-state index in [-0.39, 0.29) is 0 Å². The zero-order valence-electron chi connectivity index (χ0n) is 11.0. The number of aliphatic hydroxyl groups is 1. The molecule has 1 aromatic heterocycles. The largest absolute Gasteiger partial charge is 0.496 e. The highest BCUT2D eigenvalue weighted by atomic mass is 16.5. The van der Waals surface area contributed by atoms with Crippen molar-refractivity contribution < 1.29 is 23.7 Å². The van der Waals surface area contributed by atoms with Crippen LogP contribution in [0.15, 0.2) is 35.1 Å². The van der Waals surface area contributed by atoms with Crippen LogP contribution in [0.2, 0.25) is 0 Å². The maximum absolute atomic E-state index is 10.3. The lowest BCUT2D eigenvalue weighted by Crippen LogP contribution is -2.03. The van der Waals surface area contributed by atoms with Gasteiger partial charge in [-0.3, -0.25) is 0 Å². The molecule has 5 heteroatoms. The van der Waals surface area contributed by atoms with E-state index in [1.54, 1.807) is 32.4 Å². The number of furan rings is 1. The minimum Gasteiger partial charge on any atom is -0.496 e. The Hall–Kier alpha value is -2.14. The number of ether oxygens (including phenoxy) is 3. The van der Waals surface area contributed by atoms with Gasteiger partial charge in [0.15, 0.2) is 11.5 Å². The van der Waals surface area contributed by atoms with Gasteiger partial charge in [-0.15, -0.1) is 0 Å². The highest BCUT2D eigenvalue weighted by molar-refractivity contribution is 5.52. The number of rotatable bonds is 5. The first-order valence-corrected chi connectivity index (χ1v) is 5.71. The molecule has 0 aliphatic carbocycles. The Labute approximate surface area is 111 Å². The first kappa shape index (κ1) is 13.3. The second kappa shape index (κ2) is 5.67. The van der Waals surface area contributed by atoms with Gasteiger partial charge in [0, 0.05) is 17.2 Å². The van der Waals surface area contributed by atoms with Crippen LogP contribution >= 0.6 is 0 Å². The van der Waals surface area contributed by atoms with Crippen molar-refractivity contribution in [3.05, 3.63) is 41.9 Å². The molecule has 1 unspecified atom stereocenters. The van der Waals surface area contributed by atoms with Crippen LogP contribution in [0.4, 0.5) is 0 Å². The monoisotopic (exact) mass is 264 g/mol. The minimum absolute atomic E-state index is 0.520. The van der Waals surface area contributed by atoms with Gasteiger partial charge in [-0.1, -0.05) is 0 Å². The Morgan fingerprint density at radius 2 is 1.63 bits per heavy atom. The Balaban J connectivity index is 2.49. The Morgan fingerprint density at radius 3 is 2.16 bits per heavy atom. The average molecular weight is 264 g/mol. The molecule has 1 aromatic carbocycles. The summed E-state index contributed by atoms with van der Waals surface area (Å²) in [6, 6.07) is 5.06. The normalized spacial score (nSPS) is 12.0. The Kier molecular flexibility index (Phi) is 3.97. The molecule has 0 aliphatic heterocycles. The van der Waals surface area contributed by atoms with Crippen molar-refractivity contribution in [3.8, 4) is 17.2 Å². The lowest BCUT2D eigenvalue weighted by atomic mass is 10.0. The zero-order valence-corrected chi connectivity index (χ0v) is 11.0. The number of methoxy groups -OCH3 is 3. The maximum Gasteiger partial charge on any atom is 0.164 e. The number of hydrogen-bond donors (Lipinski definition) is 1. The molecule has 19 heavy (non-hydrogen) atoms. The van der Waals surface area contributed by atoms with Gasteiger partial charge in [-0.05, 0) is 12.1 Å². The minimum atomic E-state index is -0.853. The third-order valence-corrected chi connectivity index (χ3v) is 2.89. The molecule has 0 bridgehead atoms. The molecule has 5 nitrogen and oxygen atoms in total. The Morgan fingerprint density at radius 1 is 1.00 bits per heavy atom. The molecule has 0 saturated heterocycles. The second-order valence-electron chi connectivity index (χ2n) is 3.91. The van der Waals surface area contributed by atoms with Crippen LogP contribution in [0.1, 0.15) is 17.2 Å². The van der Waals surface area contributed by atoms with Crippen LogP contribution < -0.4 is 14.2 Å². The molecule has 1 atom stereocenters. The molecule has 1 N–H and O–H groups in total. The summed E-state index contributed by atoms with van der Waals surface area (Å²) in [5, 5.41) is 10.3. The molecular formula is C14H16O5. The van der Waals surface area contributed by atoms with E-state index in [9.17, 15) is 5.11 Å². The van der Waals surface area contributed by atoms with Crippen molar-refractivity contribution in [2.45, 2.75) is 6.10 Å². The summed E-state index contributed by atoms with van der Waals surface area (Å²) >= 11 is 0. The zero-order chi connectivity index (χ0) is 13.8. The highest BCUT2D eigenvalue weighted by Crippen LogP contribution is 2.39. The first-order chi connectivity index (χ1) is 9.21. The van der Waals surface area contributed by atoms with E-state index in [0.29, 0.717) is 28.4 Å². The van der Waals surface area contributed by atoms with Crippen LogP contribution in [0.5, 0.6) is 17.2 Å². The standard InChI is InChI=1S/C14H16O5/c1-16-11-7-13(18-3)12(17-2)6-10(11)14(15)9-4-5-19-8-9/h4-8,14-15H,1-3H3. The fourth-order valence-electron chi connectivity index (χ4n) is 1.88. The van der Waals surface area contributed by atoms with Crippen molar-refractivity contribution in [1.82, 2.24) is 0 Å². The molecular weight excluding hydrogens is 248 g/mol. The van der Waals surface area contributed by atoms with E-state index in [4.69, 9.17) is 18.6 Å². The van der Waals surface area contributed by atoms with Crippen LogP contribution in [0.3, 0.4) is 0 Å². The van der Waals surface area contributed by atoms with Gasteiger partial charge in [0.1, 0.15) is 11.9 Å². The molecule has 0 fully saturated rings. The summed E-state index contributed by atoms with van der Waals surface area (Å²) in [4.78, 5) is 0. The summed E-state index contributed by atoms with van der Waals surface area (Å²) < 4.78 is 20.7. The number of aliphatic hydroxyl groups excluding tert-OH is 1. The van der Waals surface area contributed by atoms with Gasteiger partial charge >= 0.3 is 0 Å². The maximum atomic E-state index is 10.3. The fraction of sp³-hybridized carbons (Fsp3) is 0.286. The van der Waals surface area contributed by atoms with Gasteiger partial charge in [0.25, 0.3) is 0 Å². The van der Waals surface area contributed by atoms with Crippen LogP contribution in [0.25, 0.3) is 0 Å². The summed E-state index contributed by atoms with van der Waals surface area (Å²) in [7, 11) is 4.62. The smallest absolute Gasteiger partial charge is 0.164 e. The summed E-state index contributed by atoms with van der Waals surface area (Å²) in [6.45, 7) is 0. The lowest BCUT2D eigenvalue weighted by Gasteiger charge is -2.17. The third kappa shape index (κ3) is 2.51. The molecule has 102 valence electrons. The SMILES string of the molecule is COc1cc(OC)c(C(O)c2ccoc2)cc1OC. The third-order valence-electron chi connectivity index (χ3n) is 2.89. The molecule has 0 amide bonds. The van der Waals surface area contributed by atoms with Crippen LogP contribution in [-0.4, -0.2) is 26.4 Å². The summed E-state index contributed by atoms with van der Waals surface area (Å²) in [5.74, 6) is 1.59. The lowest BCUT2D eigenvalue weighted by molar-refractivity contribution is 0.212. The highest BCUT2D eigenvalue weighted by Gasteiger charge is 2.20. The first-order valence-electron chi connectivity index (χ1n) is 5.71. The Bertz CT molecular complexity index is 533. The topological polar surface area (TPSA) is 61.1 Å². The molecule has 0 saturated carbocycles.